The molecular formula is C16H8N2O4. The van der Waals surface area contributed by atoms with Crippen LogP contribution in [0.4, 0.5) is 11.4 Å². The summed E-state index contributed by atoms with van der Waals surface area (Å²) in [7, 11) is 0. The van der Waals surface area contributed by atoms with Gasteiger partial charge in [0.15, 0.2) is 0 Å². The van der Waals surface area contributed by atoms with E-state index in [1.165, 1.54) is 36.4 Å². The van der Waals surface area contributed by atoms with Gasteiger partial charge in [-0.2, -0.15) is 9.98 Å². The zero-order chi connectivity index (χ0) is 15.9. The second kappa shape index (κ2) is 6.81. The van der Waals surface area contributed by atoms with E-state index in [1.54, 1.807) is 24.3 Å². The van der Waals surface area contributed by atoms with E-state index in [0.29, 0.717) is 0 Å². The van der Waals surface area contributed by atoms with Crippen molar-refractivity contribution in [2.45, 2.75) is 0 Å². The van der Waals surface area contributed by atoms with Gasteiger partial charge in [-0.1, -0.05) is 24.3 Å². The van der Waals surface area contributed by atoms with Crippen molar-refractivity contribution in [3.8, 4) is 0 Å². The number of benzene rings is 2. The highest BCUT2D eigenvalue weighted by Crippen LogP contribution is 2.24. The van der Waals surface area contributed by atoms with Crippen molar-refractivity contribution in [1.29, 1.82) is 0 Å². The molecule has 0 radical (unpaired) electrons. The first kappa shape index (κ1) is 14.9. The number of isocyanates is 2. The monoisotopic (exact) mass is 292 g/mol. The Hall–Kier alpha value is -3.46. The molecule has 0 aliphatic carbocycles. The van der Waals surface area contributed by atoms with Crippen LogP contribution in [-0.4, -0.2) is 23.7 Å². The van der Waals surface area contributed by atoms with Crippen molar-refractivity contribution in [2.75, 3.05) is 0 Å². The molecule has 2 rings (SSSR count). The molecule has 0 aromatic heterocycles. The van der Waals surface area contributed by atoms with Gasteiger partial charge in [0.05, 0.1) is 22.5 Å². The zero-order valence-electron chi connectivity index (χ0n) is 11.1. The molecule has 106 valence electrons. The van der Waals surface area contributed by atoms with Crippen molar-refractivity contribution in [2.24, 2.45) is 9.98 Å². The SMILES string of the molecule is O=C=Nc1ccccc1C(=O)C(=O)c1ccccc1N=C=O. The lowest BCUT2D eigenvalue weighted by Gasteiger charge is -2.04. The average Bonchev–Trinajstić information content (AvgIpc) is 2.55. The maximum atomic E-state index is 12.3. The molecule has 0 bridgehead atoms. The van der Waals surface area contributed by atoms with Crippen LogP contribution in [0.3, 0.4) is 0 Å². The molecule has 0 heterocycles. The number of Topliss-reactive ketones (excluding diaryl/α,β-unsaturated/α-hetero) is 2. The van der Waals surface area contributed by atoms with E-state index in [1.807, 2.05) is 0 Å². The van der Waals surface area contributed by atoms with Crippen LogP contribution in [0.15, 0.2) is 58.5 Å². The van der Waals surface area contributed by atoms with Crippen LogP contribution in [0.1, 0.15) is 20.7 Å². The van der Waals surface area contributed by atoms with Gasteiger partial charge in [-0.15, -0.1) is 0 Å². The Morgan fingerprint density at radius 3 is 1.41 bits per heavy atom. The van der Waals surface area contributed by atoms with Gasteiger partial charge in [-0.05, 0) is 24.3 Å². The quantitative estimate of drug-likeness (QED) is 0.366. The van der Waals surface area contributed by atoms with Gasteiger partial charge in [-0.25, -0.2) is 9.59 Å². The van der Waals surface area contributed by atoms with Crippen molar-refractivity contribution in [3.63, 3.8) is 0 Å². The lowest BCUT2D eigenvalue weighted by Crippen LogP contribution is -2.14. The highest BCUT2D eigenvalue weighted by molar-refractivity contribution is 6.50. The topological polar surface area (TPSA) is 93.0 Å². The number of rotatable bonds is 5. The van der Waals surface area contributed by atoms with E-state index in [9.17, 15) is 19.2 Å². The summed E-state index contributed by atoms with van der Waals surface area (Å²) in [6.45, 7) is 0. The van der Waals surface area contributed by atoms with E-state index >= 15 is 0 Å². The highest BCUT2D eigenvalue weighted by Gasteiger charge is 2.23. The fraction of sp³-hybridized carbons (Fsp3) is 0. The third-order valence-corrected chi connectivity index (χ3v) is 2.84. The standard InChI is InChI=1S/C16H8N2O4/c19-9-17-13-7-3-1-5-11(13)15(21)16(22)12-6-2-4-8-14(12)18-10-20/h1-8H. The highest BCUT2D eigenvalue weighted by atomic mass is 16.2. The lowest BCUT2D eigenvalue weighted by molar-refractivity contribution is 0.0817. The van der Waals surface area contributed by atoms with Gasteiger partial charge >= 0.3 is 0 Å². The van der Waals surface area contributed by atoms with Crippen LogP contribution in [0.5, 0.6) is 0 Å². The fourth-order valence-electron chi connectivity index (χ4n) is 1.87. The molecule has 0 spiro atoms. The summed E-state index contributed by atoms with van der Waals surface area (Å²) in [5.41, 5.74) is 0.0425. The first-order valence-electron chi connectivity index (χ1n) is 6.12. The van der Waals surface area contributed by atoms with Gasteiger partial charge < -0.3 is 0 Å². The number of nitrogens with zero attached hydrogens (tertiary/aromatic N) is 2. The van der Waals surface area contributed by atoms with Gasteiger partial charge in [0, 0.05) is 0 Å². The van der Waals surface area contributed by atoms with Crippen LogP contribution in [0.2, 0.25) is 0 Å². The minimum atomic E-state index is -0.858. The second-order valence-corrected chi connectivity index (χ2v) is 4.10. The van der Waals surface area contributed by atoms with Crippen LogP contribution in [0.25, 0.3) is 0 Å². The minimum absolute atomic E-state index is 0.0271. The van der Waals surface area contributed by atoms with Crippen molar-refractivity contribution >= 4 is 35.1 Å². The smallest absolute Gasteiger partial charge is 0.240 e. The van der Waals surface area contributed by atoms with Crippen LogP contribution >= 0.6 is 0 Å². The molecular weight excluding hydrogens is 284 g/mol. The molecule has 0 saturated carbocycles. The maximum absolute atomic E-state index is 12.3. The molecule has 0 N–H and O–H groups in total. The van der Waals surface area contributed by atoms with Gasteiger partial charge in [0.1, 0.15) is 0 Å². The summed E-state index contributed by atoms with van der Waals surface area (Å²) in [4.78, 5) is 52.2. The predicted octanol–water partition coefficient (Wildman–Crippen LogP) is 2.69. The van der Waals surface area contributed by atoms with E-state index in [4.69, 9.17) is 0 Å². The van der Waals surface area contributed by atoms with Crippen molar-refractivity contribution in [1.82, 2.24) is 0 Å². The number of carbonyl (C=O) groups excluding carboxylic acids is 4. The first-order valence-corrected chi connectivity index (χ1v) is 6.12. The Morgan fingerprint density at radius 2 is 1.05 bits per heavy atom. The van der Waals surface area contributed by atoms with E-state index in [-0.39, 0.29) is 22.5 Å². The number of hydrogen-bond donors (Lipinski definition) is 0. The van der Waals surface area contributed by atoms with Crippen molar-refractivity contribution in [3.05, 3.63) is 59.7 Å². The molecule has 6 nitrogen and oxygen atoms in total. The van der Waals surface area contributed by atoms with Crippen LogP contribution in [0, 0.1) is 0 Å². The number of carbonyl (C=O) groups is 2. The van der Waals surface area contributed by atoms with Crippen molar-refractivity contribution < 1.29 is 19.2 Å². The molecule has 6 heteroatoms. The summed E-state index contributed by atoms with van der Waals surface area (Å²) in [6, 6.07) is 11.8. The molecule has 0 unspecified atom stereocenters. The molecule has 0 amide bonds. The molecule has 2 aromatic carbocycles. The zero-order valence-corrected chi connectivity index (χ0v) is 11.1. The molecule has 0 aliphatic rings. The van der Waals surface area contributed by atoms with E-state index in [0.717, 1.165) is 0 Å². The molecule has 2 aromatic rings. The Bertz CT molecular complexity index is 773. The average molecular weight is 292 g/mol. The predicted molar refractivity (Wildman–Crippen MR) is 77.1 cm³/mol. The summed E-state index contributed by atoms with van der Waals surface area (Å²) >= 11 is 0. The summed E-state index contributed by atoms with van der Waals surface area (Å²) in [5, 5.41) is 0. The number of aliphatic imine (C=N–C) groups is 2. The lowest BCUT2D eigenvalue weighted by atomic mass is 9.99. The minimum Gasteiger partial charge on any atom is -0.285 e. The third kappa shape index (κ3) is 2.99. The third-order valence-electron chi connectivity index (χ3n) is 2.84. The summed E-state index contributed by atoms with van der Waals surface area (Å²) in [6.07, 6.45) is 2.66. The normalized spacial score (nSPS) is 9.27. The largest absolute Gasteiger partial charge is 0.285 e. The first-order chi connectivity index (χ1) is 10.7. The van der Waals surface area contributed by atoms with Gasteiger partial charge in [0.2, 0.25) is 23.7 Å². The molecule has 0 fully saturated rings. The van der Waals surface area contributed by atoms with Crippen LogP contribution in [-0.2, 0) is 9.59 Å². The number of para-hydroxylation sites is 2. The fourth-order valence-corrected chi connectivity index (χ4v) is 1.87. The Morgan fingerprint density at radius 1 is 0.682 bits per heavy atom. The summed E-state index contributed by atoms with van der Waals surface area (Å²) < 4.78 is 0. The Balaban J connectivity index is 2.49. The maximum Gasteiger partial charge on any atom is 0.240 e. The molecule has 0 saturated heterocycles. The summed E-state index contributed by atoms with van der Waals surface area (Å²) in [5.74, 6) is -1.72. The van der Waals surface area contributed by atoms with Gasteiger partial charge in [-0.3, -0.25) is 9.59 Å². The van der Waals surface area contributed by atoms with E-state index in [2.05, 4.69) is 9.98 Å². The van der Waals surface area contributed by atoms with Gasteiger partial charge in [0.25, 0.3) is 0 Å². The Kier molecular flexibility index (Phi) is 4.63. The second-order valence-electron chi connectivity index (χ2n) is 4.10. The number of ketones is 2. The molecule has 22 heavy (non-hydrogen) atoms. The van der Waals surface area contributed by atoms with E-state index < -0.39 is 11.6 Å². The van der Waals surface area contributed by atoms with Crippen LogP contribution < -0.4 is 0 Å². The molecule has 0 atom stereocenters. The molecule has 0 aliphatic heterocycles. The Labute approximate surface area is 124 Å². The number of hydrogen-bond acceptors (Lipinski definition) is 6.